The van der Waals surface area contributed by atoms with Crippen molar-refractivity contribution < 1.29 is 23.7 Å². The van der Waals surface area contributed by atoms with Crippen molar-refractivity contribution in [3.05, 3.63) is 77.6 Å². The van der Waals surface area contributed by atoms with E-state index >= 15 is 0 Å². The molecule has 31 heavy (non-hydrogen) atoms. The summed E-state index contributed by atoms with van der Waals surface area (Å²) in [6, 6.07) is 16.7. The normalized spacial score (nSPS) is 11.8. The fourth-order valence-corrected chi connectivity index (χ4v) is 3.42. The molecule has 7 nitrogen and oxygen atoms in total. The Morgan fingerprint density at radius 2 is 1.77 bits per heavy atom. The number of rotatable bonds is 8. The second kappa shape index (κ2) is 9.38. The Morgan fingerprint density at radius 3 is 2.48 bits per heavy atom. The average molecular weight is 420 g/mol. The first-order chi connectivity index (χ1) is 15.2. The van der Waals surface area contributed by atoms with Crippen LogP contribution in [-0.2, 0) is 13.0 Å². The van der Waals surface area contributed by atoms with Crippen molar-refractivity contribution >= 4 is 5.91 Å². The minimum absolute atomic E-state index is 0.120. The van der Waals surface area contributed by atoms with Crippen molar-refractivity contribution in [2.45, 2.75) is 13.0 Å². The number of benzene rings is 2. The molecule has 0 saturated heterocycles. The van der Waals surface area contributed by atoms with Gasteiger partial charge in [0.15, 0.2) is 11.5 Å². The van der Waals surface area contributed by atoms with Crippen LogP contribution in [0.25, 0.3) is 0 Å². The fraction of sp³-hybridized carbons (Fsp3) is 0.250. The standard InChI is InChI=1S/C24H24N2O5/c1-28-20-12-18(13-21(14-20)29-2)24(27)26(10-8-19-5-3-4-9-25-19)15-17-6-7-22-23(11-17)31-16-30-22/h3-7,9,11-14H,8,10,15-16H2,1-2H3. The van der Waals surface area contributed by atoms with Crippen molar-refractivity contribution in [1.29, 1.82) is 0 Å². The molecule has 2 aromatic carbocycles. The van der Waals surface area contributed by atoms with Gasteiger partial charge in [0.05, 0.1) is 14.2 Å². The molecule has 7 heteroatoms. The summed E-state index contributed by atoms with van der Waals surface area (Å²) in [4.78, 5) is 19.6. The number of methoxy groups -OCH3 is 2. The van der Waals surface area contributed by atoms with Crippen molar-refractivity contribution in [3.63, 3.8) is 0 Å². The van der Waals surface area contributed by atoms with Crippen LogP contribution >= 0.6 is 0 Å². The van der Waals surface area contributed by atoms with Crippen LogP contribution in [-0.4, -0.2) is 43.3 Å². The monoisotopic (exact) mass is 420 g/mol. The molecule has 0 radical (unpaired) electrons. The molecule has 1 aromatic heterocycles. The van der Waals surface area contributed by atoms with E-state index in [4.69, 9.17) is 18.9 Å². The first kappa shape index (κ1) is 20.5. The second-order valence-corrected chi connectivity index (χ2v) is 7.09. The van der Waals surface area contributed by atoms with E-state index < -0.39 is 0 Å². The molecule has 1 aliphatic rings. The summed E-state index contributed by atoms with van der Waals surface area (Å²) in [5.74, 6) is 2.42. The zero-order valence-electron chi connectivity index (χ0n) is 17.5. The number of fused-ring (bicyclic) bond motifs is 1. The van der Waals surface area contributed by atoms with Crippen molar-refractivity contribution in [1.82, 2.24) is 9.88 Å². The summed E-state index contributed by atoms with van der Waals surface area (Å²) in [6.07, 6.45) is 2.39. The molecule has 0 aliphatic carbocycles. The minimum atomic E-state index is -0.120. The van der Waals surface area contributed by atoms with Crippen LogP contribution in [0.4, 0.5) is 0 Å². The molecule has 0 unspecified atom stereocenters. The number of aromatic nitrogens is 1. The summed E-state index contributed by atoms with van der Waals surface area (Å²) < 4.78 is 21.5. The lowest BCUT2D eigenvalue weighted by atomic mass is 10.1. The zero-order valence-corrected chi connectivity index (χ0v) is 17.5. The van der Waals surface area contributed by atoms with Crippen LogP contribution in [0.5, 0.6) is 23.0 Å². The first-order valence-electron chi connectivity index (χ1n) is 9.97. The molecule has 0 atom stereocenters. The quantitative estimate of drug-likeness (QED) is 0.553. The first-order valence-corrected chi connectivity index (χ1v) is 9.97. The SMILES string of the molecule is COc1cc(OC)cc(C(=O)N(CCc2ccccn2)Cc2ccc3c(c2)OCO3)c1. The topological polar surface area (TPSA) is 70.1 Å². The van der Waals surface area contributed by atoms with Gasteiger partial charge >= 0.3 is 0 Å². The van der Waals surface area contributed by atoms with Gasteiger partial charge in [-0.15, -0.1) is 0 Å². The maximum atomic E-state index is 13.5. The van der Waals surface area contributed by atoms with Crippen LogP contribution in [0.15, 0.2) is 60.8 Å². The van der Waals surface area contributed by atoms with Crippen molar-refractivity contribution in [2.24, 2.45) is 0 Å². The molecule has 0 saturated carbocycles. The van der Waals surface area contributed by atoms with Gasteiger partial charge in [0.25, 0.3) is 5.91 Å². The van der Waals surface area contributed by atoms with Gasteiger partial charge in [-0.3, -0.25) is 9.78 Å². The Morgan fingerprint density at radius 1 is 1.00 bits per heavy atom. The molecule has 2 heterocycles. The lowest BCUT2D eigenvalue weighted by Gasteiger charge is -2.23. The van der Waals surface area contributed by atoms with Gasteiger partial charge in [-0.2, -0.15) is 0 Å². The molecule has 0 bridgehead atoms. The molecule has 160 valence electrons. The third-order valence-electron chi connectivity index (χ3n) is 5.06. The van der Waals surface area contributed by atoms with E-state index in [0.717, 1.165) is 11.3 Å². The zero-order chi connectivity index (χ0) is 21.6. The van der Waals surface area contributed by atoms with Crippen LogP contribution < -0.4 is 18.9 Å². The molecule has 3 aromatic rings. The number of hydrogen-bond acceptors (Lipinski definition) is 6. The summed E-state index contributed by atoms with van der Waals surface area (Å²) in [5.41, 5.74) is 2.38. The lowest BCUT2D eigenvalue weighted by molar-refractivity contribution is 0.0743. The number of amides is 1. The molecule has 1 amide bonds. The largest absolute Gasteiger partial charge is 0.497 e. The molecule has 4 rings (SSSR count). The third-order valence-corrected chi connectivity index (χ3v) is 5.06. The predicted molar refractivity (Wildman–Crippen MR) is 115 cm³/mol. The van der Waals surface area contributed by atoms with Gasteiger partial charge in [-0.05, 0) is 42.0 Å². The lowest BCUT2D eigenvalue weighted by Crippen LogP contribution is -2.32. The highest BCUT2D eigenvalue weighted by atomic mass is 16.7. The van der Waals surface area contributed by atoms with E-state index in [1.807, 2.05) is 36.4 Å². The van der Waals surface area contributed by atoms with Crippen molar-refractivity contribution in [3.8, 4) is 23.0 Å². The Bertz CT molecular complexity index is 1030. The van der Waals surface area contributed by atoms with Crippen LogP contribution in [0.1, 0.15) is 21.6 Å². The molecule has 0 N–H and O–H groups in total. The fourth-order valence-electron chi connectivity index (χ4n) is 3.42. The average Bonchev–Trinajstić information content (AvgIpc) is 3.29. The molecular formula is C24H24N2O5. The van der Waals surface area contributed by atoms with Crippen molar-refractivity contribution in [2.75, 3.05) is 27.6 Å². The van der Waals surface area contributed by atoms with E-state index in [1.165, 1.54) is 0 Å². The highest BCUT2D eigenvalue weighted by molar-refractivity contribution is 5.95. The summed E-state index contributed by atoms with van der Waals surface area (Å²) >= 11 is 0. The van der Waals surface area contributed by atoms with Gasteiger partial charge in [-0.25, -0.2) is 0 Å². The van der Waals surface area contributed by atoms with Crippen LogP contribution in [0, 0.1) is 0 Å². The third kappa shape index (κ3) is 4.88. The Labute approximate surface area is 181 Å². The Kier molecular flexibility index (Phi) is 6.21. The maximum Gasteiger partial charge on any atom is 0.254 e. The minimum Gasteiger partial charge on any atom is -0.497 e. The summed E-state index contributed by atoms with van der Waals surface area (Å²) in [6.45, 7) is 1.14. The van der Waals surface area contributed by atoms with Crippen LogP contribution in [0.2, 0.25) is 0 Å². The van der Waals surface area contributed by atoms with Gasteiger partial charge < -0.3 is 23.8 Å². The van der Waals surface area contributed by atoms with E-state index in [2.05, 4.69) is 4.98 Å². The molecule has 1 aliphatic heterocycles. The van der Waals surface area contributed by atoms with E-state index in [9.17, 15) is 4.79 Å². The van der Waals surface area contributed by atoms with E-state index in [0.29, 0.717) is 48.1 Å². The van der Waals surface area contributed by atoms with E-state index in [1.54, 1.807) is 43.5 Å². The highest BCUT2D eigenvalue weighted by Crippen LogP contribution is 2.33. The number of nitrogens with zero attached hydrogens (tertiary/aromatic N) is 2. The number of pyridine rings is 1. The van der Waals surface area contributed by atoms with Gasteiger partial charge in [0.2, 0.25) is 6.79 Å². The number of carbonyl (C=O) groups is 1. The number of hydrogen-bond donors (Lipinski definition) is 0. The molecule has 0 spiro atoms. The predicted octanol–water partition coefficient (Wildman–Crippen LogP) is 3.71. The van der Waals surface area contributed by atoms with Crippen LogP contribution in [0.3, 0.4) is 0 Å². The highest BCUT2D eigenvalue weighted by Gasteiger charge is 2.20. The van der Waals surface area contributed by atoms with Gasteiger partial charge in [0.1, 0.15) is 11.5 Å². The number of carbonyl (C=O) groups excluding carboxylic acids is 1. The van der Waals surface area contributed by atoms with Gasteiger partial charge in [0, 0.05) is 43.0 Å². The van der Waals surface area contributed by atoms with E-state index in [-0.39, 0.29) is 12.7 Å². The maximum absolute atomic E-state index is 13.5. The van der Waals surface area contributed by atoms with Gasteiger partial charge in [-0.1, -0.05) is 12.1 Å². The molecular weight excluding hydrogens is 396 g/mol. The number of ether oxygens (including phenoxy) is 4. The Hall–Kier alpha value is -3.74. The summed E-state index contributed by atoms with van der Waals surface area (Å²) in [7, 11) is 3.13. The summed E-state index contributed by atoms with van der Waals surface area (Å²) in [5, 5.41) is 0. The molecule has 0 fully saturated rings. The second-order valence-electron chi connectivity index (χ2n) is 7.09. The Balaban J connectivity index is 1.60. The smallest absolute Gasteiger partial charge is 0.254 e.